The molecule has 3 aromatic carbocycles. The molecule has 1 saturated carbocycles. The van der Waals surface area contributed by atoms with E-state index in [1.165, 1.54) is 16.3 Å². The van der Waals surface area contributed by atoms with Crippen LogP contribution >= 0.6 is 15.9 Å². The van der Waals surface area contributed by atoms with E-state index in [1.54, 1.807) is 7.11 Å². The zero-order chi connectivity index (χ0) is 21.0. The summed E-state index contributed by atoms with van der Waals surface area (Å²) in [7, 11) is 1.67. The molecule has 3 nitrogen and oxygen atoms in total. The number of carbonyl (C=O) groups excluding carboxylic acids is 1. The smallest absolute Gasteiger partial charge is 0.162 e. The molecule has 0 saturated heterocycles. The largest absolute Gasteiger partial charge is 0.496 e. The molecule has 1 aliphatic carbocycles. The van der Waals surface area contributed by atoms with Crippen LogP contribution in [0.25, 0.3) is 16.5 Å². The highest BCUT2D eigenvalue weighted by Crippen LogP contribution is 2.53. The Morgan fingerprint density at radius 3 is 2.70 bits per heavy atom. The molecular formula is C26H24BrNO2. The second kappa shape index (κ2) is 6.98. The second-order valence-electron chi connectivity index (χ2n) is 9.03. The van der Waals surface area contributed by atoms with Crippen molar-refractivity contribution >= 4 is 43.9 Å². The Bertz CT molecular complexity index is 1220. The Kier molecular flexibility index (Phi) is 4.51. The van der Waals surface area contributed by atoms with Gasteiger partial charge in [-0.05, 0) is 52.4 Å². The van der Waals surface area contributed by atoms with Gasteiger partial charge < -0.3 is 10.1 Å². The summed E-state index contributed by atoms with van der Waals surface area (Å²) in [4.78, 5) is 13.5. The van der Waals surface area contributed by atoms with E-state index >= 15 is 0 Å². The van der Waals surface area contributed by atoms with Crippen molar-refractivity contribution in [2.24, 2.45) is 5.41 Å². The fourth-order valence-electron chi connectivity index (χ4n) is 5.08. The Balaban J connectivity index is 1.81. The van der Waals surface area contributed by atoms with Crippen LogP contribution in [0.2, 0.25) is 0 Å². The highest BCUT2D eigenvalue weighted by molar-refractivity contribution is 9.10. The maximum Gasteiger partial charge on any atom is 0.162 e. The van der Waals surface area contributed by atoms with Gasteiger partial charge in [-0.2, -0.15) is 0 Å². The lowest BCUT2D eigenvalue weighted by atomic mass is 9.64. The van der Waals surface area contributed by atoms with Crippen LogP contribution in [0, 0.1) is 5.41 Å². The van der Waals surface area contributed by atoms with Crippen molar-refractivity contribution in [1.29, 1.82) is 0 Å². The number of ether oxygens (including phenoxy) is 1. The number of nitrogens with one attached hydrogen (secondary N) is 1. The summed E-state index contributed by atoms with van der Waals surface area (Å²) in [5, 5.41) is 6.05. The van der Waals surface area contributed by atoms with Crippen LogP contribution in [-0.4, -0.2) is 12.9 Å². The van der Waals surface area contributed by atoms with Crippen LogP contribution in [0.15, 0.2) is 64.6 Å². The predicted octanol–water partition coefficient (Wildman–Crippen LogP) is 6.92. The number of Topliss-reactive ketones (excluding diaryl/α,β-unsaturated/α-hetero) is 1. The van der Waals surface area contributed by atoms with Crippen LogP contribution in [-0.2, 0) is 4.79 Å². The van der Waals surface area contributed by atoms with Gasteiger partial charge in [0.2, 0.25) is 0 Å². The van der Waals surface area contributed by atoms with Gasteiger partial charge in [-0.3, -0.25) is 4.79 Å². The molecule has 1 aliphatic heterocycles. The molecule has 1 atom stereocenters. The molecule has 0 spiro atoms. The van der Waals surface area contributed by atoms with E-state index in [4.69, 9.17) is 4.74 Å². The standard InChI is InChI=1S/C26H24BrNO2/c1-26(2)13-19-23-17-7-5-4-6-15(17)8-10-20(23)28-25(24(19)21(29)14-26)18-12-16(27)9-11-22(18)30-3/h4-12,19,28H,13-14H2,1-3H3/t19-/m1/s1. The van der Waals surface area contributed by atoms with Crippen molar-refractivity contribution in [3.8, 4) is 5.75 Å². The van der Waals surface area contributed by atoms with E-state index in [0.717, 1.165) is 39.2 Å². The summed E-state index contributed by atoms with van der Waals surface area (Å²) in [6.45, 7) is 4.40. The molecule has 3 aromatic rings. The molecule has 1 fully saturated rings. The average molecular weight is 462 g/mol. The van der Waals surface area contributed by atoms with E-state index < -0.39 is 0 Å². The zero-order valence-corrected chi connectivity index (χ0v) is 19.0. The maximum absolute atomic E-state index is 13.5. The van der Waals surface area contributed by atoms with Crippen molar-refractivity contribution in [3.63, 3.8) is 0 Å². The average Bonchev–Trinajstić information content (AvgIpc) is 2.71. The van der Waals surface area contributed by atoms with E-state index in [9.17, 15) is 4.79 Å². The predicted molar refractivity (Wildman–Crippen MR) is 126 cm³/mol. The van der Waals surface area contributed by atoms with Crippen LogP contribution in [0.1, 0.15) is 43.7 Å². The fraction of sp³-hybridized carbons (Fsp3) is 0.269. The third-order valence-electron chi connectivity index (χ3n) is 6.32. The van der Waals surface area contributed by atoms with Gasteiger partial charge in [0.05, 0.1) is 12.8 Å². The zero-order valence-electron chi connectivity index (χ0n) is 17.4. The number of ketones is 1. The summed E-state index contributed by atoms with van der Waals surface area (Å²) in [5.74, 6) is 1.04. The van der Waals surface area contributed by atoms with Crippen LogP contribution < -0.4 is 10.1 Å². The van der Waals surface area contributed by atoms with Gasteiger partial charge >= 0.3 is 0 Å². The number of hydrogen-bond acceptors (Lipinski definition) is 3. The first-order valence-electron chi connectivity index (χ1n) is 10.3. The first kappa shape index (κ1) is 19.4. The molecule has 4 heteroatoms. The molecule has 152 valence electrons. The molecule has 5 rings (SSSR count). The number of benzene rings is 3. The van der Waals surface area contributed by atoms with Crippen LogP contribution in [0.5, 0.6) is 5.75 Å². The number of rotatable bonds is 2. The molecule has 0 unspecified atom stereocenters. The van der Waals surface area contributed by atoms with Crippen LogP contribution in [0.4, 0.5) is 5.69 Å². The highest BCUT2D eigenvalue weighted by atomic mass is 79.9. The summed E-state index contributed by atoms with van der Waals surface area (Å²) in [6, 6.07) is 18.7. The van der Waals surface area contributed by atoms with E-state index in [1.807, 2.05) is 18.2 Å². The molecule has 1 heterocycles. The lowest BCUT2D eigenvalue weighted by Gasteiger charge is -2.41. The normalized spacial score (nSPS) is 19.9. The van der Waals surface area contributed by atoms with Gasteiger partial charge in [-0.25, -0.2) is 0 Å². The van der Waals surface area contributed by atoms with Crippen molar-refractivity contribution in [1.82, 2.24) is 0 Å². The minimum Gasteiger partial charge on any atom is -0.496 e. The number of hydrogen-bond donors (Lipinski definition) is 1. The first-order valence-corrected chi connectivity index (χ1v) is 11.1. The number of fused-ring (bicyclic) bond motifs is 5. The fourth-order valence-corrected chi connectivity index (χ4v) is 5.44. The molecule has 2 aliphatic rings. The van der Waals surface area contributed by atoms with E-state index in [2.05, 4.69) is 71.5 Å². The molecule has 0 bridgehead atoms. The number of halogens is 1. The van der Waals surface area contributed by atoms with E-state index in [0.29, 0.717) is 6.42 Å². The molecule has 0 aromatic heterocycles. The SMILES string of the molecule is COc1ccc(Br)cc1C1=C2C(=O)CC(C)(C)C[C@@H]2c2c(ccc3ccccc23)N1. The first-order chi connectivity index (χ1) is 14.4. The van der Waals surface area contributed by atoms with Gasteiger partial charge in [0.15, 0.2) is 5.78 Å². The van der Waals surface area contributed by atoms with Crippen LogP contribution in [0.3, 0.4) is 0 Å². The van der Waals surface area contributed by atoms with Crippen molar-refractivity contribution in [2.45, 2.75) is 32.6 Å². The van der Waals surface area contributed by atoms with Crippen molar-refractivity contribution in [2.75, 3.05) is 12.4 Å². The number of allylic oxidation sites excluding steroid dienone is 1. The Morgan fingerprint density at radius 2 is 1.90 bits per heavy atom. The van der Waals surface area contributed by atoms with Gasteiger partial charge in [0, 0.05) is 33.6 Å². The van der Waals surface area contributed by atoms with Gasteiger partial charge in [-0.15, -0.1) is 0 Å². The van der Waals surface area contributed by atoms with Crippen molar-refractivity contribution in [3.05, 3.63) is 75.8 Å². The highest BCUT2D eigenvalue weighted by Gasteiger charge is 2.43. The number of methoxy groups -OCH3 is 1. The monoisotopic (exact) mass is 461 g/mol. The summed E-state index contributed by atoms with van der Waals surface area (Å²) >= 11 is 3.59. The summed E-state index contributed by atoms with van der Waals surface area (Å²) < 4.78 is 6.62. The lowest BCUT2D eigenvalue weighted by Crippen LogP contribution is -2.34. The maximum atomic E-state index is 13.5. The molecule has 1 N–H and O–H groups in total. The number of carbonyl (C=O) groups is 1. The lowest BCUT2D eigenvalue weighted by molar-refractivity contribution is -0.119. The summed E-state index contributed by atoms with van der Waals surface area (Å²) in [6.07, 6.45) is 1.50. The molecule has 0 radical (unpaired) electrons. The molecule has 0 amide bonds. The topological polar surface area (TPSA) is 38.3 Å². The quantitative estimate of drug-likeness (QED) is 0.449. The Morgan fingerprint density at radius 1 is 1.10 bits per heavy atom. The van der Waals surface area contributed by atoms with Crippen molar-refractivity contribution < 1.29 is 9.53 Å². The Labute approximate surface area is 185 Å². The Hall–Kier alpha value is -2.59. The molecule has 30 heavy (non-hydrogen) atoms. The summed E-state index contributed by atoms with van der Waals surface area (Å²) in [5.41, 5.74) is 4.95. The third kappa shape index (κ3) is 3.05. The molecular weight excluding hydrogens is 438 g/mol. The number of anilines is 1. The van der Waals surface area contributed by atoms with Gasteiger partial charge in [0.1, 0.15) is 5.75 Å². The third-order valence-corrected chi connectivity index (χ3v) is 6.82. The minimum atomic E-state index is -0.0384. The van der Waals surface area contributed by atoms with Gasteiger partial charge in [-0.1, -0.05) is 60.1 Å². The minimum absolute atomic E-state index is 0.0384. The van der Waals surface area contributed by atoms with Gasteiger partial charge in [0.25, 0.3) is 0 Å². The second-order valence-corrected chi connectivity index (χ2v) is 9.94. The van der Waals surface area contributed by atoms with E-state index in [-0.39, 0.29) is 17.1 Å².